The van der Waals surface area contributed by atoms with Crippen molar-refractivity contribution in [2.24, 2.45) is 16.6 Å². The lowest BCUT2D eigenvalue weighted by molar-refractivity contribution is 0.715. The van der Waals surface area contributed by atoms with E-state index in [1.165, 1.54) is 30.6 Å². The van der Waals surface area contributed by atoms with Crippen LogP contribution in [-0.4, -0.2) is 10.8 Å². The molecule has 1 aliphatic carbocycles. The van der Waals surface area contributed by atoms with Gasteiger partial charge in [0.05, 0.1) is 23.6 Å². The van der Waals surface area contributed by atoms with Gasteiger partial charge in [-0.15, -0.1) is 11.3 Å². The summed E-state index contributed by atoms with van der Waals surface area (Å²) in [4.78, 5) is 9.91. The van der Waals surface area contributed by atoms with E-state index in [4.69, 9.17) is 5.73 Å². The molecule has 0 aliphatic heterocycles. The maximum absolute atomic E-state index is 5.98. The third-order valence-electron chi connectivity index (χ3n) is 3.02. The molecule has 1 fully saturated rings. The molecule has 2 rings (SSSR count). The van der Waals surface area contributed by atoms with Gasteiger partial charge in [-0.25, -0.2) is 4.98 Å². The van der Waals surface area contributed by atoms with Crippen molar-refractivity contribution >= 4 is 17.2 Å². The standard InChI is InChI=1S/C11H17N3S/c1-8-10(15-7-14-8)6-13-11(12)9-4-2-3-5-9/h7,9H,2-6H2,1H3,(H2,12,13). The number of rotatable bonds is 3. The van der Waals surface area contributed by atoms with Gasteiger partial charge >= 0.3 is 0 Å². The summed E-state index contributed by atoms with van der Waals surface area (Å²) < 4.78 is 0. The van der Waals surface area contributed by atoms with Crippen molar-refractivity contribution in [2.75, 3.05) is 0 Å². The van der Waals surface area contributed by atoms with E-state index < -0.39 is 0 Å². The van der Waals surface area contributed by atoms with E-state index in [0.29, 0.717) is 12.5 Å². The van der Waals surface area contributed by atoms with Crippen molar-refractivity contribution in [3.8, 4) is 0 Å². The number of nitrogens with zero attached hydrogens (tertiary/aromatic N) is 2. The van der Waals surface area contributed by atoms with E-state index in [1.807, 2.05) is 12.4 Å². The lowest BCUT2D eigenvalue weighted by atomic mass is 10.1. The van der Waals surface area contributed by atoms with Gasteiger partial charge < -0.3 is 5.73 Å². The lowest BCUT2D eigenvalue weighted by Crippen LogP contribution is -2.21. The van der Waals surface area contributed by atoms with Crippen LogP contribution in [0.4, 0.5) is 0 Å². The summed E-state index contributed by atoms with van der Waals surface area (Å²) in [6.45, 7) is 2.73. The van der Waals surface area contributed by atoms with Gasteiger partial charge in [-0.05, 0) is 19.8 Å². The van der Waals surface area contributed by atoms with Crippen LogP contribution < -0.4 is 5.73 Å². The van der Waals surface area contributed by atoms with E-state index in [0.717, 1.165) is 11.5 Å². The second-order valence-electron chi connectivity index (χ2n) is 4.08. The molecule has 0 radical (unpaired) electrons. The van der Waals surface area contributed by atoms with E-state index in [2.05, 4.69) is 9.98 Å². The Hall–Kier alpha value is -0.900. The maximum Gasteiger partial charge on any atom is 0.0972 e. The summed E-state index contributed by atoms with van der Waals surface area (Å²) in [6.07, 6.45) is 5.05. The Labute approximate surface area is 94.4 Å². The Morgan fingerprint density at radius 3 is 2.93 bits per heavy atom. The van der Waals surface area contributed by atoms with Crippen LogP contribution in [0.2, 0.25) is 0 Å². The zero-order chi connectivity index (χ0) is 10.7. The fourth-order valence-corrected chi connectivity index (χ4v) is 2.69. The van der Waals surface area contributed by atoms with Gasteiger partial charge in [-0.2, -0.15) is 0 Å². The average Bonchev–Trinajstić information content (AvgIpc) is 2.85. The number of hydrogen-bond donors (Lipinski definition) is 1. The fourth-order valence-electron chi connectivity index (χ4n) is 1.99. The van der Waals surface area contributed by atoms with Crippen LogP contribution in [0.25, 0.3) is 0 Å². The molecule has 0 unspecified atom stereocenters. The summed E-state index contributed by atoms with van der Waals surface area (Å²) >= 11 is 1.66. The first-order chi connectivity index (χ1) is 7.27. The molecule has 1 aliphatic rings. The van der Waals surface area contributed by atoms with Crippen molar-refractivity contribution in [1.29, 1.82) is 0 Å². The van der Waals surface area contributed by atoms with Crippen molar-refractivity contribution < 1.29 is 0 Å². The summed E-state index contributed by atoms with van der Waals surface area (Å²) in [6, 6.07) is 0. The van der Waals surface area contributed by atoms with Crippen LogP contribution in [0, 0.1) is 12.8 Å². The largest absolute Gasteiger partial charge is 0.387 e. The molecule has 0 aromatic carbocycles. The zero-order valence-electron chi connectivity index (χ0n) is 9.07. The van der Waals surface area contributed by atoms with Gasteiger partial charge in [-0.3, -0.25) is 4.99 Å². The number of nitrogens with two attached hydrogens (primary N) is 1. The number of thiazole rings is 1. The van der Waals surface area contributed by atoms with Gasteiger partial charge in [0.1, 0.15) is 0 Å². The van der Waals surface area contributed by atoms with Crippen molar-refractivity contribution in [2.45, 2.75) is 39.2 Å². The fraction of sp³-hybridized carbons (Fsp3) is 0.636. The highest BCUT2D eigenvalue weighted by molar-refractivity contribution is 7.09. The molecule has 15 heavy (non-hydrogen) atoms. The number of aryl methyl sites for hydroxylation is 1. The molecule has 0 atom stereocenters. The minimum atomic E-state index is 0.540. The van der Waals surface area contributed by atoms with Crippen LogP contribution in [0.15, 0.2) is 10.5 Å². The van der Waals surface area contributed by atoms with Gasteiger partial charge in [0.15, 0.2) is 0 Å². The van der Waals surface area contributed by atoms with E-state index >= 15 is 0 Å². The quantitative estimate of drug-likeness (QED) is 0.632. The van der Waals surface area contributed by atoms with Gasteiger partial charge in [0, 0.05) is 10.8 Å². The summed E-state index contributed by atoms with van der Waals surface area (Å²) in [7, 11) is 0. The molecular weight excluding hydrogens is 206 g/mol. The molecule has 1 heterocycles. The average molecular weight is 223 g/mol. The van der Waals surface area contributed by atoms with Gasteiger partial charge in [0.2, 0.25) is 0 Å². The minimum Gasteiger partial charge on any atom is -0.387 e. The van der Waals surface area contributed by atoms with Crippen LogP contribution in [0.5, 0.6) is 0 Å². The first-order valence-electron chi connectivity index (χ1n) is 5.46. The monoisotopic (exact) mass is 223 g/mol. The van der Waals surface area contributed by atoms with Crippen LogP contribution in [0.3, 0.4) is 0 Å². The summed E-state index contributed by atoms with van der Waals surface area (Å²) in [5, 5.41) is 0. The molecule has 1 saturated carbocycles. The van der Waals surface area contributed by atoms with E-state index in [-0.39, 0.29) is 0 Å². The Morgan fingerprint density at radius 2 is 2.33 bits per heavy atom. The highest BCUT2D eigenvalue weighted by atomic mass is 32.1. The molecule has 4 heteroatoms. The first-order valence-corrected chi connectivity index (χ1v) is 6.34. The topological polar surface area (TPSA) is 51.3 Å². The maximum atomic E-state index is 5.98. The normalized spacial score (nSPS) is 18.6. The summed E-state index contributed by atoms with van der Waals surface area (Å²) in [5.74, 6) is 1.39. The number of aromatic nitrogens is 1. The Balaban J connectivity index is 1.95. The van der Waals surface area contributed by atoms with Crippen molar-refractivity contribution in [3.05, 3.63) is 16.1 Å². The minimum absolute atomic E-state index is 0.540. The molecular formula is C11H17N3S. The van der Waals surface area contributed by atoms with Crippen molar-refractivity contribution in [1.82, 2.24) is 4.98 Å². The number of hydrogen-bond acceptors (Lipinski definition) is 3. The molecule has 1 aromatic heterocycles. The summed E-state index contributed by atoms with van der Waals surface area (Å²) in [5.41, 5.74) is 8.93. The molecule has 2 N–H and O–H groups in total. The molecule has 1 aromatic rings. The first kappa shape index (κ1) is 10.6. The van der Waals surface area contributed by atoms with Gasteiger partial charge in [-0.1, -0.05) is 12.8 Å². The van der Waals surface area contributed by atoms with E-state index in [9.17, 15) is 0 Å². The van der Waals surface area contributed by atoms with E-state index in [1.54, 1.807) is 11.3 Å². The molecule has 0 saturated heterocycles. The highest BCUT2D eigenvalue weighted by Gasteiger charge is 2.18. The lowest BCUT2D eigenvalue weighted by Gasteiger charge is -2.07. The Kier molecular flexibility index (Phi) is 3.36. The number of amidine groups is 1. The molecule has 0 amide bonds. The van der Waals surface area contributed by atoms with Crippen LogP contribution in [-0.2, 0) is 6.54 Å². The Bertz CT molecular complexity index is 350. The highest BCUT2D eigenvalue weighted by Crippen LogP contribution is 2.25. The zero-order valence-corrected chi connectivity index (χ0v) is 9.89. The SMILES string of the molecule is Cc1ncsc1CN=C(N)C1CCCC1. The smallest absolute Gasteiger partial charge is 0.0972 e. The molecule has 82 valence electrons. The molecule has 0 bridgehead atoms. The third-order valence-corrected chi connectivity index (χ3v) is 3.94. The Morgan fingerprint density at radius 1 is 1.60 bits per heavy atom. The van der Waals surface area contributed by atoms with Gasteiger partial charge in [0.25, 0.3) is 0 Å². The van der Waals surface area contributed by atoms with Crippen LogP contribution >= 0.6 is 11.3 Å². The molecule has 0 spiro atoms. The second-order valence-corrected chi connectivity index (χ2v) is 5.02. The predicted octanol–water partition coefficient (Wildman–Crippen LogP) is 2.50. The van der Waals surface area contributed by atoms with Crippen molar-refractivity contribution in [3.63, 3.8) is 0 Å². The molecule has 3 nitrogen and oxygen atoms in total. The predicted molar refractivity (Wildman–Crippen MR) is 64.1 cm³/mol. The number of aliphatic imine (C=N–C) groups is 1. The van der Waals surface area contributed by atoms with Crippen LogP contribution in [0.1, 0.15) is 36.3 Å². The second kappa shape index (κ2) is 4.75. The third kappa shape index (κ3) is 2.56.